The van der Waals surface area contributed by atoms with Gasteiger partial charge in [0.2, 0.25) is 3.79 Å². The summed E-state index contributed by atoms with van der Waals surface area (Å²) in [6.07, 6.45) is -1.05. The van der Waals surface area contributed by atoms with Crippen LogP contribution in [0.4, 0.5) is 5.69 Å². The summed E-state index contributed by atoms with van der Waals surface area (Å²) >= 11 is 26.6. The third kappa shape index (κ3) is 5.99. The number of hydrogen-bond donors (Lipinski definition) is 3. The first-order valence-electron chi connectivity index (χ1n) is 7.43. The summed E-state index contributed by atoms with van der Waals surface area (Å²) in [7, 11) is 0. The highest BCUT2D eigenvalue weighted by Gasteiger charge is 2.35. The van der Waals surface area contributed by atoms with Gasteiger partial charge in [-0.25, -0.2) is 0 Å². The summed E-state index contributed by atoms with van der Waals surface area (Å²) in [6.45, 7) is 1.94. The van der Waals surface area contributed by atoms with Gasteiger partial charge in [0.15, 0.2) is 5.11 Å². The summed E-state index contributed by atoms with van der Waals surface area (Å²) in [5.41, 5.74) is 2.22. The van der Waals surface area contributed by atoms with E-state index in [1.54, 1.807) is 24.3 Å². The Morgan fingerprint density at radius 3 is 2.31 bits per heavy atom. The van der Waals surface area contributed by atoms with Crippen molar-refractivity contribution in [2.24, 2.45) is 0 Å². The van der Waals surface area contributed by atoms with Crippen molar-refractivity contribution in [3.63, 3.8) is 0 Å². The number of benzene rings is 2. The van der Waals surface area contributed by atoms with E-state index in [1.165, 1.54) is 0 Å². The van der Waals surface area contributed by atoms with Crippen LogP contribution in [0.15, 0.2) is 53.0 Å². The minimum absolute atomic E-state index is 0.211. The Labute approximate surface area is 180 Å². The molecule has 0 bridgehead atoms. The van der Waals surface area contributed by atoms with Gasteiger partial charge in [-0.1, -0.05) is 65.1 Å². The van der Waals surface area contributed by atoms with Gasteiger partial charge in [0.25, 0.3) is 5.91 Å². The van der Waals surface area contributed by atoms with E-state index in [0.717, 1.165) is 11.3 Å². The topological polar surface area (TPSA) is 53.2 Å². The number of para-hydroxylation sites is 1. The second-order valence-corrected chi connectivity index (χ2v) is 8.97. The molecule has 0 unspecified atom stereocenters. The van der Waals surface area contributed by atoms with Gasteiger partial charge in [-0.05, 0) is 58.8 Å². The number of thiocarbonyl (C=S) groups is 1. The molecule has 0 saturated carbocycles. The molecule has 0 saturated heterocycles. The van der Waals surface area contributed by atoms with Crippen molar-refractivity contribution in [2.75, 3.05) is 5.32 Å². The lowest BCUT2D eigenvalue weighted by atomic mass is 10.2. The molecule has 4 nitrogen and oxygen atoms in total. The molecule has 0 radical (unpaired) electrons. The van der Waals surface area contributed by atoms with Crippen LogP contribution in [-0.4, -0.2) is 21.0 Å². The summed E-state index contributed by atoms with van der Waals surface area (Å²) in [5.74, 6) is -0.417. The lowest BCUT2D eigenvalue weighted by Gasteiger charge is -2.28. The minimum atomic E-state index is -1.83. The number of amides is 1. The fraction of sp³-hybridized carbons (Fsp3) is 0.176. The lowest BCUT2D eigenvalue weighted by Crippen LogP contribution is -2.56. The average Bonchev–Trinajstić information content (AvgIpc) is 2.56. The van der Waals surface area contributed by atoms with E-state index >= 15 is 0 Å². The standard InChI is InChI=1S/C17H15BrCl3N3OS/c1-10-6-2-5-9-13(10)22-16(26)24-15(17(19,20)21)23-14(25)11-7-3-4-8-12(11)18/h2-9,15H,1H3,(H,23,25)(H2,22,24,26)/t15-/m1/s1. The molecule has 1 amide bonds. The first-order valence-corrected chi connectivity index (χ1v) is 9.77. The van der Waals surface area contributed by atoms with Crippen molar-refractivity contribution in [3.8, 4) is 0 Å². The largest absolute Gasteiger partial charge is 0.339 e. The van der Waals surface area contributed by atoms with Crippen LogP contribution in [-0.2, 0) is 0 Å². The summed E-state index contributed by atoms with van der Waals surface area (Å²) in [6, 6.07) is 14.5. The molecule has 0 spiro atoms. The molecule has 0 aliphatic heterocycles. The summed E-state index contributed by atoms with van der Waals surface area (Å²) in [4.78, 5) is 12.5. The molecule has 3 N–H and O–H groups in total. The summed E-state index contributed by atoms with van der Waals surface area (Å²) in [5, 5.41) is 8.70. The second-order valence-electron chi connectivity index (χ2n) is 5.34. The Hall–Kier alpha value is -1.05. The van der Waals surface area contributed by atoms with Crippen molar-refractivity contribution in [1.82, 2.24) is 10.6 Å². The van der Waals surface area contributed by atoms with Crippen LogP contribution in [0.5, 0.6) is 0 Å². The highest BCUT2D eigenvalue weighted by Crippen LogP contribution is 2.29. The Balaban J connectivity index is 2.10. The number of aryl methyl sites for hydroxylation is 1. The molecular formula is C17H15BrCl3N3OS. The second kappa shape index (κ2) is 9.24. The van der Waals surface area contributed by atoms with Crippen molar-refractivity contribution in [1.29, 1.82) is 0 Å². The van der Waals surface area contributed by atoms with Crippen LogP contribution in [0.3, 0.4) is 0 Å². The van der Waals surface area contributed by atoms with Gasteiger partial charge >= 0.3 is 0 Å². The SMILES string of the molecule is Cc1ccccc1NC(=S)N[C@@H](NC(=O)c1ccccc1Br)C(Cl)(Cl)Cl. The quantitative estimate of drug-likeness (QED) is 0.311. The lowest BCUT2D eigenvalue weighted by molar-refractivity contribution is 0.0934. The molecule has 2 aromatic carbocycles. The van der Waals surface area contributed by atoms with Crippen LogP contribution < -0.4 is 16.0 Å². The molecule has 0 aromatic heterocycles. The highest BCUT2D eigenvalue weighted by molar-refractivity contribution is 9.10. The van der Waals surface area contributed by atoms with Crippen molar-refractivity contribution >= 4 is 79.7 Å². The number of anilines is 1. The number of carbonyl (C=O) groups is 1. The Morgan fingerprint density at radius 2 is 1.69 bits per heavy atom. The molecule has 0 aliphatic carbocycles. The molecule has 138 valence electrons. The number of nitrogens with one attached hydrogen (secondary N) is 3. The highest BCUT2D eigenvalue weighted by atomic mass is 79.9. The predicted molar refractivity (Wildman–Crippen MR) is 116 cm³/mol. The molecule has 0 heterocycles. The fourth-order valence-corrected chi connectivity index (χ4v) is 3.08. The van der Waals surface area contributed by atoms with E-state index in [2.05, 4.69) is 31.9 Å². The van der Waals surface area contributed by atoms with Crippen LogP contribution in [0, 0.1) is 6.92 Å². The van der Waals surface area contributed by atoms with Crippen LogP contribution in [0.2, 0.25) is 0 Å². The molecule has 2 rings (SSSR count). The van der Waals surface area contributed by atoms with Gasteiger partial charge < -0.3 is 16.0 Å². The van der Waals surface area contributed by atoms with E-state index in [0.29, 0.717) is 10.0 Å². The van der Waals surface area contributed by atoms with Crippen LogP contribution in [0.25, 0.3) is 0 Å². The minimum Gasteiger partial charge on any atom is -0.339 e. The Morgan fingerprint density at radius 1 is 1.08 bits per heavy atom. The summed E-state index contributed by atoms with van der Waals surface area (Å²) < 4.78 is -1.20. The van der Waals surface area contributed by atoms with Gasteiger partial charge in [0, 0.05) is 10.2 Å². The van der Waals surface area contributed by atoms with Crippen molar-refractivity contribution in [3.05, 3.63) is 64.1 Å². The monoisotopic (exact) mass is 493 g/mol. The number of rotatable bonds is 4. The maximum Gasteiger partial charge on any atom is 0.254 e. The van der Waals surface area contributed by atoms with E-state index in [-0.39, 0.29) is 5.11 Å². The third-order valence-electron chi connectivity index (χ3n) is 3.39. The fourth-order valence-electron chi connectivity index (χ4n) is 2.06. The van der Waals surface area contributed by atoms with E-state index < -0.39 is 15.9 Å². The van der Waals surface area contributed by atoms with E-state index in [4.69, 9.17) is 47.0 Å². The smallest absolute Gasteiger partial charge is 0.254 e. The van der Waals surface area contributed by atoms with E-state index in [1.807, 2.05) is 31.2 Å². The van der Waals surface area contributed by atoms with Gasteiger partial charge in [-0.3, -0.25) is 4.79 Å². The molecule has 1 atom stereocenters. The third-order valence-corrected chi connectivity index (χ3v) is 4.96. The van der Waals surface area contributed by atoms with Crippen LogP contribution >= 0.6 is 63.0 Å². The molecular weight excluding hydrogens is 481 g/mol. The molecule has 9 heteroatoms. The Bertz CT molecular complexity index is 814. The average molecular weight is 496 g/mol. The van der Waals surface area contributed by atoms with Gasteiger partial charge in [0.1, 0.15) is 6.17 Å². The Kier molecular flexibility index (Phi) is 7.55. The number of carbonyl (C=O) groups excluding carboxylic acids is 1. The molecule has 26 heavy (non-hydrogen) atoms. The van der Waals surface area contributed by atoms with Gasteiger partial charge in [-0.2, -0.15) is 0 Å². The van der Waals surface area contributed by atoms with Gasteiger partial charge in [-0.15, -0.1) is 0 Å². The zero-order chi connectivity index (χ0) is 19.3. The van der Waals surface area contributed by atoms with Crippen LogP contribution in [0.1, 0.15) is 15.9 Å². The maximum atomic E-state index is 12.5. The first-order chi connectivity index (χ1) is 12.2. The van der Waals surface area contributed by atoms with Crippen molar-refractivity contribution in [2.45, 2.75) is 16.9 Å². The van der Waals surface area contributed by atoms with Gasteiger partial charge in [0.05, 0.1) is 5.56 Å². The normalized spacial score (nSPS) is 12.2. The molecule has 0 fully saturated rings. The number of hydrogen-bond acceptors (Lipinski definition) is 2. The first kappa shape index (κ1) is 21.3. The number of halogens is 4. The van der Waals surface area contributed by atoms with E-state index in [9.17, 15) is 4.79 Å². The molecule has 0 aliphatic rings. The number of alkyl halides is 3. The maximum absolute atomic E-state index is 12.5. The zero-order valence-corrected chi connectivity index (χ0v) is 18.2. The predicted octanol–water partition coefficient (Wildman–Crippen LogP) is 5.17. The van der Waals surface area contributed by atoms with Crippen molar-refractivity contribution < 1.29 is 4.79 Å². The molecule has 2 aromatic rings. The zero-order valence-electron chi connectivity index (χ0n) is 13.5.